The number of rotatable bonds is 0. The van der Waals surface area contributed by atoms with Crippen molar-refractivity contribution in [3.8, 4) is 0 Å². The lowest BCUT2D eigenvalue weighted by Gasteiger charge is -2.27. The van der Waals surface area contributed by atoms with E-state index in [0.29, 0.717) is 0 Å². The molecule has 0 aromatic carbocycles. The zero-order valence-corrected chi connectivity index (χ0v) is 7.42. The van der Waals surface area contributed by atoms with Crippen LogP contribution in [0.4, 0.5) is 0 Å². The van der Waals surface area contributed by atoms with Gasteiger partial charge >= 0.3 is 0 Å². The first-order valence-electron chi connectivity index (χ1n) is 3.37. The molecule has 0 nitrogen and oxygen atoms in total. The van der Waals surface area contributed by atoms with E-state index in [4.69, 9.17) is 0 Å². The van der Waals surface area contributed by atoms with E-state index in [0.717, 1.165) is 27.6 Å². The molecule has 8 heavy (non-hydrogen) atoms. The molecule has 1 heteroatoms. The van der Waals surface area contributed by atoms with Crippen molar-refractivity contribution in [2.24, 2.45) is 23.7 Å². The molecule has 0 N–H and O–H groups in total. The Balaban J connectivity index is 2.08. The van der Waals surface area contributed by atoms with Gasteiger partial charge in [0.2, 0.25) is 0 Å². The maximum atomic E-state index is 2.60. The fraction of sp³-hybridized carbons (Fsp3) is 1.00. The van der Waals surface area contributed by atoms with Crippen molar-refractivity contribution in [1.82, 2.24) is 0 Å². The van der Waals surface area contributed by atoms with Gasteiger partial charge in [-0.25, -0.2) is 0 Å². The van der Waals surface area contributed by atoms with Crippen molar-refractivity contribution in [3.63, 3.8) is 0 Å². The van der Waals surface area contributed by atoms with Crippen LogP contribution in [0.15, 0.2) is 0 Å². The topological polar surface area (TPSA) is 0 Å². The van der Waals surface area contributed by atoms with Crippen LogP contribution in [0.5, 0.6) is 0 Å². The lowest BCUT2D eigenvalue weighted by atomic mass is 9.87. The minimum Gasteiger partial charge on any atom is -0.0820 e. The first-order valence-corrected chi connectivity index (χ1v) is 4.62. The van der Waals surface area contributed by atoms with E-state index in [-0.39, 0.29) is 0 Å². The van der Waals surface area contributed by atoms with Crippen LogP contribution in [0.25, 0.3) is 0 Å². The molecule has 0 aliphatic heterocycles. The van der Waals surface area contributed by atoms with Gasteiger partial charge in [0.25, 0.3) is 0 Å². The molecule has 2 rings (SSSR count). The summed E-state index contributed by atoms with van der Waals surface area (Å²) in [6.07, 6.45) is 0. The van der Waals surface area contributed by atoms with Gasteiger partial charge in [-0.2, -0.15) is 0 Å². The highest BCUT2D eigenvalue weighted by Gasteiger charge is 2.64. The summed E-state index contributed by atoms with van der Waals surface area (Å²) < 4.78 is 1.02. The Labute approximate surface area is 64.2 Å². The van der Waals surface area contributed by atoms with Gasteiger partial charge in [0.05, 0.1) is 0 Å². The molecule has 2 saturated carbocycles. The molecule has 0 aromatic heterocycles. The van der Waals surface area contributed by atoms with E-state index < -0.39 is 0 Å². The third kappa shape index (κ3) is 0.428. The van der Waals surface area contributed by atoms with Gasteiger partial charge in [-0.3, -0.25) is 0 Å². The molecular formula is C7H11I. The number of halogens is 1. The van der Waals surface area contributed by atoms with Crippen LogP contribution >= 0.6 is 22.6 Å². The molecule has 0 bridgehead atoms. The van der Waals surface area contributed by atoms with E-state index in [1.165, 1.54) is 0 Å². The molecule has 5 atom stereocenters. The van der Waals surface area contributed by atoms with E-state index >= 15 is 0 Å². The van der Waals surface area contributed by atoms with Crippen LogP contribution in [-0.2, 0) is 0 Å². The summed E-state index contributed by atoms with van der Waals surface area (Å²) in [6, 6.07) is 0. The van der Waals surface area contributed by atoms with Gasteiger partial charge in [-0.05, 0) is 23.7 Å². The highest BCUT2D eigenvalue weighted by molar-refractivity contribution is 14.1. The average molecular weight is 222 g/mol. The van der Waals surface area contributed by atoms with E-state index in [1.807, 2.05) is 0 Å². The normalized spacial score (nSPS) is 68.6. The molecule has 2 aliphatic carbocycles. The summed E-state index contributed by atoms with van der Waals surface area (Å²) in [5.41, 5.74) is 0. The third-order valence-corrected chi connectivity index (χ3v) is 4.96. The molecular weight excluding hydrogens is 211 g/mol. The third-order valence-electron chi connectivity index (χ3n) is 2.99. The maximum absolute atomic E-state index is 2.60. The predicted octanol–water partition coefficient (Wildman–Crippen LogP) is 2.32. The van der Waals surface area contributed by atoms with E-state index in [2.05, 4.69) is 36.4 Å². The van der Waals surface area contributed by atoms with Crippen LogP contribution in [0.1, 0.15) is 13.8 Å². The van der Waals surface area contributed by atoms with Crippen molar-refractivity contribution >= 4 is 22.6 Å². The molecule has 2 fully saturated rings. The van der Waals surface area contributed by atoms with Crippen LogP contribution in [-0.4, -0.2) is 3.92 Å². The van der Waals surface area contributed by atoms with Crippen LogP contribution in [0.3, 0.4) is 0 Å². The summed E-state index contributed by atoms with van der Waals surface area (Å²) in [5, 5.41) is 0. The molecule has 0 amide bonds. The summed E-state index contributed by atoms with van der Waals surface area (Å²) in [6.45, 7) is 4.78. The average Bonchev–Trinajstić information content (AvgIpc) is 2.37. The quantitative estimate of drug-likeness (QED) is 0.435. The summed E-state index contributed by atoms with van der Waals surface area (Å²) in [4.78, 5) is 0. The first kappa shape index (κ1) is 5.51. The number of fused-ring (bicyclic) bond motifs is 1. The van der Waals surface area contributed by atoms with Gasteiger partial charge in [0.15, 0.2) is 0 Å². The highest BCUT2D eigenvalue weighted by atomic mass is 127. The Morgan fingerprint density at radius 3 is 1.75 bits per heavy atom. The Kier molecular flexibility index (Phi) is 0.975. The number of hydrogen-bond donors (Lipinski definition) is 0. The van der Waals surface area contributed by atoms with E-state index in [1.54, 1.807) is 0 Å². The van der Waals surface area contributed by atoms with Gasteiger partial charge in [-0.15, -0.1) is 0 Å². The summed E-state index contributed by atoms with van der Waals surface area (Å²) in [7, 11) is 0. The fourth-order valence-corrected chi connectivity index (χ4v) is 3.89. The smallest absolute Gasteiger partial charge is 0.0172 e. The zero-order valence-electron chi connectivity index (χ0n) is 5.26. The maximum Gasteiger partial charge on any atom is 0.0172 e. The van der Waals surface area contributed by atoms with Gasteiger partial charge in [-0.1, -0.05) is 36.4 Å². The van der Waals surface area contributed by atoms with Gasteiger partial charge in [0, 0.05) is 3.92 Å². The summed E-state index contributed by atoms with van der Waals surface area (Å²) in [5.74, 6) is 4.38. The Morgan fingerprint density at radius 1 is 1.00 bits per heavy atom. The number of alkyl halides is 1. The molecule has 2 aliphatic rings. The minimum absolute atomic E-state index is 1.02. The molecule has 4 unspecified atom stereocenters. The summed E-state index contributed by atoms with van der Waals surface area (Å²) >= 11 is 2.60. The standard InChI is InChI=1S/C7H11I/c1-3-5-4(2)7(8)6(3)5/h3-7H,1-2H3/t3?,4?,5-,6?,7?/m0/s1. The monoisotopic (exact) mass is 222 g/mol. The first-order chi connectivity index (χ1) is 3.73. The second-order valence-electron chi connectivity index (χ2n) is 3.32. The Hall–Kier alpha value is 0.730. The van der Waals surface area contributed by atoms with E-state index in [9.17, 15) is 0 Å². The molecule has 0 saturated heterocycles. The zero-order chi connectivity index (χ0) is 5.89. The van der Waals surface area contributed by atoms with Crippen molar-refractivity contribution in [3.05, 3.63) is 0 Å². The van der Waals surface area contributed by atoms with Crippen LogP contribution in [0.2, 0.25) is 0 Å². The minimum atomic E-state index is 1.02. The lowest BCUT2D eigenvalue weighted by molar-refractivity contribution is 0.347. The second-order valence-corrected chi connectivity index (χ2v) is 4.76. The van der Waals surface area contributed by atoms with Crippen molar-refractivity contribution < 1.29 is 0 Å². The van der Waals surface area contributed by atoms with Crippen LogP contribution in [0, 0.1) is 23.7 Å². The highest BCUT2D eigenvalue weighted by Crippen LogP contribution is 2.67. The van der Waals surface area contributed by atoms with Gasteiger partial charge < -0.3 is 0 Å². The Bertz CT molecular complexity index is 95.6. The largest absolute Gasteiger partial charge is 0.0820 e. The molecule has 0 aromatic rings. The van der Waals surface area contributed by atoms with Crippen molar-refractivity contribution in [1.29, 1.82) is 0 Å². The molecule has 0 spiro atoms. The van der Waals surface area contributed by atoms with Gasteiger partial charge in [0.1, 0.15) is 0 Å². The second kappa shape index (κ2) is 1.41. The molecule has 0 radical (unpaired) electrons. The molecule has 0 heterocycles. The lowest BCUT2D eigenvalue weighted by Crippen LogP contribution is -2.26. The van der Waals surface area contributed by atoms with Crippen LogP contribution < -0.4 is 0 Å². The fourth-order valence-electron chi connectivity index (χ4n) is 2.27. The molecule has 46 valence electrons. The SMILES string of the molecule is CC1C(I)C2C(C)[C@@H]12. The number of hydrogen-bond acceptors (Lipinski definition) is 0. The predicted molar refractivity (Wildman–Crippen MR) is 43.1 cm³/mol. The van der Waals surface area contributed by atoms with Crippen molar-refractivity contribution in [2.75, 3.05) is 0 Å². The van der Waals surface area contributed by atoms with Crippen molar-refractivity contribution in [2.45, 2.75) is 17.8 Å². The Morgan fingerprint density at radius 2 is 1.62 bits per heavy atom.